The number of amides is 1. The van der Waals surface area contributed by atoms with Crippen LogP contribution in [0.4, 0.5) is 11.4 Å². The zero-order valence-corrected chi connectivity index (χ0v) is 10.2. The van der Waals surface area contributed by atoms with Gasteiger partial charge in [0.15, 0.2) is 0 Å². The monoisotopic (exact) mass is 233 g/mol. The first kappa shape index (κ1) is 11.8. The maximum atomic E-state index is 11.6. The van der Waals surface area contributed by atoms with Gasteiger partial charge in [0.1, 0.15) is 0 Å². The average molecular weight is 233 g/mol. The van der Waals surface area contributed by atoms with E-state index in [0.29, 0.717) is 17.8 Å². The number of carbonyl (C=O) groups is 1. The highest BCUT2D eigenvalue weighted by Gasteiger charge is 2.15. The third-order valence-electron chi connectivity index (χ3n) is 3.07. The van der Waals surface area contributed by atoms with Crippen molar-refractivity contribution >= 4 is 17.3 Å². The van der Waals surface area contributed by atoms with Gasteiger partial charge in [-0.05, 0) is 38.0 Å². The molecule has 0 atom stereocenters. The number of rotatable bonds is 3. The summed E-state index contributed by atoms with van der Waals surface area (Å²) < 4.78 is 0. The topological polar surface area (TPSA) is 58.4 Å². The Kier molecular flexibility index (Phi) is 3.52. The molecule has 1 saturated heterocycles. The van der Waals surface area contributed by atoms with E-state index in [4.69, 9.17) is 5.73 Å². The summed E-state index contributed by atoms with van der Waals surface area (Å²) in [5.74, 6) is -0.0628. The molecule has 4 heteroatoms. The summed E-state index contributed by atoms with van der Waals surface area (Å²) in [6, 6.07) is 5.55. The van der Waals surface area contributed by atoms with Crippen LogP contribution in [0.5, 0.6) is 0 Å². The molecule has 2 rings (SSSR count). The van der Waals surface area contributed by atoms with Gasteiger partial charge in [0.2, 0.25) is 0 Å². The quantitative estimate of drug-likeness (QED) is 0.780. The Balaban J connectivity index is 2.19. The summed E-state index contributed by atoms with van der Waals surface area (Å²) in [4.78, 5) is 13.9. The largest absolute Gasteiger partial charge is 0.397 e. The predicted molar refractivity (Wildman–Crippen MR) is 70.3 cm³/mol. The molecule has 0 aliphatic carbocycles. The van der Waals surface area contributed by atoms with E-state index in [0.717, 1.165) is 18.8 Å². The van der Waals surface area contributed by atoms with Crippen LogP contribution in [-0.2, 0) is 0 Å². The van der Waals surface area contributed by atoms with Crippen molar-refractivity contribution in [2.75, 3.05) is 30.3 Å². The van der Waals surface area contributed by atoms with Crippen molar-refractivity contribution in [1.82, 2.24) is 5.32 Å². The highest BCUT2D eigenvalue weighted by atomic mass is 16.1. The number of hydrogen-bond acceptors (Lipinski definition) is 3. The molecule has 17 heavy (non-hydrogen) atoms. The summed E-state index contributed by atoms with van der Waals surface area (Å²) in [6.45, 7) is 4.65. The highest BCUT2D eigenvalue weighted by molar-refractivity contribution is 5.96. The van der Waals surface area contributed by atoms with Crippen LogP contribution in [0.2, 0.25) is 0 Å². The van der Waals surface area contributed by atoms with Crippen LogP contribution >= 0.6 is 0 Å². The van der Waals surface area contributed by atoms with Crippen molar-refractivity contribution in [3.05, 3.63) is 23.8 Å². The molecule has 0 radical (unpaired) electrons. The zero-order valence-electron chi connectivity index (χ0n) is 10.2. The van der Waals surface area contributed by atoms with Crippen LogP contribution in [0.1, 0.15) is 30.1 Å². The van der Waals surface area contributed by atoms with Gasteiger partial charge < -0.3 is 16.0 Å². The number of hydrogen-bond donors (Lipinski definition) is 2. The van der Waals surface area contributed by atoms with Gasteiger partial charge in [-0.3, -0.25) is 4.79 Å². The average Bonchev–Trinajstić information content (AvgIpc) is 2.82. The highest BCUT2D eigenvalue weighted by Crippen LogP contribution is 2.27. The third-order valence-corrected chi connectivity index (χ3v) is 3.07. The third kappa shape index (κ3) is 2.52. The Morgan fingerprint density at radius 2 is 2.12 bits per heavy atom. The van der Waals surface area contributed by atoms with E-state index >= 15 is 0 Å². The van der Waals surface area contributed by atoms with Crippen molar-refractivity contribution in [2.45, 2.75) is 19.8 Å². The van der Waals surface area contributed by atoms with Crippen molar-refractivity contribution in [1.29, 1.82) is 0 Å². The molecule has 1 aliphatic rings. The normalized spacial score (nSPS) is 15.0. The van der Waals surface area contributed by atoms with E-state index in [1.165, 1.54) is 12.8 Å². The number of nitrogens with zero attached hydrogens (tertiary/aromatic N) is 1. The lowest BCUT2D eigenvalue weighted by molar-refractivity contribution is 0.0956. The fraction of sp³-hybridized carbons (Fsp3) is 0.462. The lowest BCUT2D eigenvalue weighted by atomic mass is 10.1. The second-order valence-electron chi connectivity index (χ2n) is 4.33. The van der Waals surface area contributed by atoms with Crippen LogP contribution < -0.4 is 16.0 Å². The lowest BCUT2D eigenvalue weighted by Crippen LogP contribution is -2.23. The van der Waals surface area contributed by atoms with Gasteiger partial charge in [-0.2, -0.15) is 0 Å². The first-order chi connectivity index (χ1) is 8.22. The molecule has 0 aromatic heterocycles. The molecule has 1 amide bonds. The van der Waals surface area contributed by atoms with Crippen LogP contribution in [0.25, 0.3) is 0 Å². The van der Waals surface area contributed by atoms with E-state index in [1.807, 2.05) is 19.1 Å². The van der Waals surface area contributed by atoms with Gasteiger partial charge in [0, 0.05) is 25.2 Å². The standard InChI is InChI=1S/C13H19N3O/c1-2-15-13(17)10-5-6-12(11(14)9-10)16-7-3-4-8-16/h5-6,9H,2-4,7-8,14H2,1H3,(H,15,17). The fourth-order valence-corrected chi connectivity index (χ4v) is 2.20. The molecular weight excluding hydrogens is 214 g/mol. The predicted octanol–water partition coefficient (Wildman–Crippen LogP) is 1.62. The Labute approximate surface area is 102 Å². The Bertz CT molecular complexity index is 411. The van der Waals surface area contributed by atoms with Gasteiger partial charge in [0.05, 0.1) is 11.4 Å². The molecule has 0 unspecified atom stereocenters. The van der Waals surface area contributed by atoms with Crippen LogP contribution in [0.3, 0.4) is 0 Å². The Morgan fingerprint density at radius 1 is 1.41 bits per heavy atom. The molecule has 0 spiro atoms. The summed E-state index contributed by atoms with van der Waals surface area (Å²) in [5.41, 5.74) is 8.39. The number of nitrogens with two attached hydrogens (primary N) is 1. The summed E-state index contributed by atoms with van der Waals surface area (Å²) in [7, 11) is 0. The number of nitrogens with one attached hydrogen (secondary N) is 1. The van der Waals surface area contributed by atoms with E-state index in [2.05, 4.69) is 10.2 Å². The summed E-state index contributed by atoms with van der Waals surface area (Å²) in [5, 5.41) is 2.77. The molecule has 92 valence electrons. The molecule has 1 heterocycles. The number of benzene rings is 1. The molecule has 3 N–H and O–H groups in total. The van der Waals surface area contributed by atoms with Crippen LogP contribution in [0.15, 0.2) is 18.2 Å². The van der Waals surface area contributed by atoms with Gasteiger partial charge in [-0.15, -0.1) is 0 Å². The van der Waals surface area contributed by atoms with E-state index < -0.39 is 0 Å². The molecule has 1 aliphatic heterocycles. The molecule has 1 aromatic carbocycles. The smallest absolute Gasteiger partial charge is 0.251 e. The lowest BCUT2D eigenvalue weighted by Gasteiger charge is -2.20. The summed E-state index contributed by atoms with van der Waals surface area (Å²) >= 11 is 0. The molecular formula is C13H19N3O. The number of nitrogen functional groups attached to an aromatic ring is 1. The van der Waals surface area contributed by atoms with Gasteiger partial charge in [-0.25, -0.2) is 0 Å². The number of carbonyl (C=O) groups excluding carboxylic acids is 1. The Morgan fingerprint density at radius 3 is 2.71 bits per heavy atom. The van der Waals surface area contributed by atoms with Crippen LogP contribution in [-0.4, -0.2) is 25.5 Å². The molecule has 0 bridgehead atoms. The Hall–Kier alpha value is -1.71. The van der Waals surface area contributed by atoms with Gasteiger partial charge >= 0.3 is 0 Å². The molecule has 4 nitrogen and oxygen atoms in total. The zero-order chi connectivity index (χ0) is 12.3. The first-order valence-electron chi connectivity index (χ1n) is 6.15. The second-order valence-corrected chi connectivity index (χ2v) is 4.33. The molecule has 1 aromatic rings. The minimum atomic E-state index is -0.0628. The van der Waals surface area contributed by atoms with Crippen LogP contribution in [0, 0.1) is 0 Å². The van der Waals surface area contributed by atoms with Crippen molar-refractivity contribution in [3.63, 3.8) is 0 Å². The van der Waals surface area contributed by atoms with Crippen molar-refractivity contribution in [2.24, 2.45) is 0 Å². The van der Waals surface area contributed by atoms with E-state index in [-0.39, 0.29) is 5.91 Å². The first-order valence-corrected chi connectivity index (χ1v) is 6.15. The van der Waals surface area contributed by atoms with Crippen molar-refractivity contribution in [3.8, 4) is 0 Å². The van der Waals surface area contributed by atoms with Gasteiger partial charge in [0.25, 0.3) is 5.91 Å². The molecule has 1 fully saturated rings. The number of anilines is 2. The SMILES string of the molecule is CCNC(=O)c1ccc(N2CCCC2)c(N)c1. The van der Waals surface area contributed by atoms with Crippen molar-refractivity contribution < 1.29 is 4.79 Å². The second kappa shape index (κ2) is 5.08. The van der Waals surface area contributed by atoms with Gasteiger partial charge in [-0.1, -0.05) is 0 Å². The summed E-state index contributed by atoms with van der Waals surface area (Å²) in [6.07, 6.45) is 2.44. The minimum absolute atomic E-state index is 0.0628. The van der Waals surface area contributed by atoms with E-state index in [1.54, 1.807) is 6.07 Å². The fourth-order valence-electron chi connectivity index (χ4n) is 2.20. The molecule has 0 saturated carbocycles. The maximum absolute atomic E-state index is 11.6. The minimum Gasteiger partial charge on any atom is -0.397 e. The van der Waals surface area contributed by atoms with E-state index in [9.17, 15) is 4.79 Å². The maximum Gasteiger partial charge on any atom is 0.251 e.